The highest BCUT2D eigenvalue weighted by atomic mass is 19.3. The highest BCUT2D eigenvalue weighted by Crippen LogP contribution is 2.22. The van der Waals surface area contributed by atoms with Gasteiger partial charge >= 0.3 is 6.61 Å². The molecular formula is C13H15F2N3O2. The van der Waals surface area contributed by atoms with Gasteiger partial charge in [-0.25, -0.2) is 0 Å². The van der Waals surface area contributed by atoms with E-state index in [4.69, 9.17) is 4.52 Å². The average Bonchev–Trinajstić information content (AvgIpc) is 2.87. The van der Waals surface area contributed by atoms with E-state index in [0.29, 0.717) is 23.7 Å². The van der Waals surface area contributed by atoms with Crippen molar-refractivity contribution in [3.63, 3.8) is 0 Å². The highest BCUT2D eigenvalue weighted by Gasteiger charge is 2.11. The molecule has 0 bridgehead atoms. The van der Waals surface area contributed by atoms with Crippen LogP contribution in [0.3, 0.4) is 0 Å². The van der Waals surface area contributed by atoms with Crippen LogP contribution >= 0.6 is 0 Å². The van der Waals surface area contributed by atoms with Gasteiger partial charge in [0.2, 0.25) is 0 Å². The summed E-state index contributed by atoms with van der Waals surface area (Å²) < 4.78 is 33.5. The van der Waals surface area contributed by atoms with Crippen molar-refractivity contribution in [2.45, 2.75) is 26.0 Å². The smallest absolute Gasteiger partial charge is 0.387 e. The lowest BCUT2D eigenvalue weighted by Gasteiger charge is -2.04. The summed E-state index contributed by atoms with van der Waals surface area (Å²) in [6.07, 6.45) is 0.645. The van der Waals surface area contributed by atoms with Crippen molar-refractivity contribution in [3.05, 3.63) is 30.1 Å². The van der Waals surface area contributed by atoms with Gasteiger partial charge in [0.25, 0.3) is 5.89 Å². The van der Waals surface area contributed by atoms with E-state index in [0.717, 1.165) is 0 Å². The summed E-state index contributed by atoms with van der Waals surface area (Å²) in [6.45, 7) is -0.828. The number of nitrogens with one attached hydrogen (secondary N) is 1. The second-order valence-corrected chi connectivity index (χ2v) is 4.31. The van der Waals surface area contributed by atoms with E-state index >= 15 is 0 Å². The number of aromatic nitrogens is 2. The fourth-order valence-corrected chi connectivity index (χ4v) is 1.61. The summed E-state index contributed by atoms with van der Waals surface area (Å²) in [7, 11) is 1.85. The van der Waals surface area contributed by atoms with Gasteiger partial charge in [0.05, 0.1) is 0 Å². The molecule has 0 spiro atoms. The van der Waals surface area contributed by atoms with Gasteiger partial charge in [-0.3, -0.25) is 0 Å². The minimum Gasteiger partial charge on any atom is -0.435 e. The first-order valence-electron chi connectivity index (χ1n) is 6.13. The molecular weight excluding hydrogens is 268 g/mol. The number of alkyl halides is 2. The molecule has 0 saturated heterocycles. The van der Waals surface area contributed by atoms with Gasteiger partial charge in [0.1, 0.15) is 5.75 Å². The van der Waals surface area contributed by atoms with Crippen LogP contribution in [0.2, 0.25) is 0 Å². The molecule has 2 rings (SSSR count). The predicted molar refractivity (Wildman–Crippen MR) is 68.6 cm³/mol. The zero-order chi connectivity index (χ0) is 14.5. The van der Waals surface area contributed by atoms with Crippen molar-refractivity contribution < 1.29 is 18.0 Å². The van der Waals surface area contributed by atoms with Crippen LogP contribution in [0.15, 0.2) is 28.8 Å². The Balaban J connectivity index is 2.08. The third-order valence-corrected chi connectivity index (χ3v) is 2.78. The molecule has 2 aromatic rings. The maximum Gasteiger partial charge on any atom is 0.387 e. The van der Waals surface area contributed by atoms with E-state index in [2.05, 4.69) is 20.2 Å². The van der Waals surface area contributed by atoms with Gasteiger partial charge < -0.3 is 14.6 Å². The molecule has 0 aliphatic heterocycles. The number of rotatable bonds is 6. The Kier molecular flexibility index (Phi) is 4.62. The second kappa shape index (κ2) is 6.42. The number of ether oxygens (including phenoxy) is 1. The van der Waals surface area contributed by atoms with E-state index in [1.165, 1.54) is 12.1 Å². The fourth-order valence-electron chi connectivity index (χ4n) is 1.61. The van der Waals surface area contributed by atoms with Crippen molar-refractivity contribution in [3.8, 4) is 17.2 Å². The summed E-state index contributed by atoms with van der Waals surface area (Å²) >= 11 is 0. The van der Waals surface area contributed by atoms with Crippen molar-refractivity contribution >= 4 is 0 Å². The van der Waals surface area contributed by atoms with Crippen LogP contribution in [-0.2, 0) is 6.42 Å². The molecule has 1 heterocycles. The van der Waals surface area contributed by atoms with Gasteiger partial charge in [-0.1, -0.05) is 5.16 Å². The molecule has 0 amide bonds. The predicted octanol–water partition coefficient (Wildman–Crippen LogP) is 2.49. The minimum atomic E-state index is -2.83. The standard InChI is InChI=1S/C13H15F2N3O2/c1-8(16-2)7-11-17-12(20-18-11)9-3-5-10(6-4-9)19-13(14)15/h3-6,8,13,16H,7H2,1-2H3. The lowest BCUT2D eigenvalue weighted by molar-refractivity contribution is -0.0498. The van der Waals surface area contributed by atoms with Crippen LogP contribution in [0.5, 0.6) is 5.75 Å². The summed E-state index contributed by atoms with van der Waals surface area (Å²) in [6, 6.07) is 6.29. The molecule has 5 nitrogen and oxygen atoms in total. The SMILES string of the molecule is CNC(C)Cc1noc(-c2ccc(OC(F)F)cc2)n1. The van der Waals surface area contributed by atoms with Crippen LogP contribution < -0.4 is 10.1 Å². The van der Waals surface area contributed by atoms with Gasteiger partial charge in [0, 0.05) is 18.0 Å². The molecule has 108 valence electrons. The van der Waals surface area contributed by atoms with Crippen molar-refractivity contribution in [2.24, 2.45) is 0 Å². The quantitative estimate of drug-likeness (QED) is 0.882. The lowest BCUT2D eigenvalue weighted by Crippen LogP contribution is -2.24. The van der Waals surface area contributed by atoms with Gasteiger partial charge in [-0.15, -0.1) is 0 Å². The Morgan fingerprint density at radius 1 is 1.30 bits per heavy atom. The Labute approximate surface area is 114 Å². The molecule has 0 fully saturated rings. The summed E-state index contributed by atoms with van der Waals surface area (Å²) in [4.78, 5) is 4.25. The van der Waals surface area contributed by atoms with Gasteiger partial charge in [-0.05, 0) is 38.2 Å². The number of halogens is 2. The molecule has 1 unspecified atom stereocenters. The van der Waals surface area contributed by atoms with Crippen LogP contribution in [0.1, 0.15) is 12.7 Å². The second-order valence-electron chi connectivity index (χ2n) is 4.31. The van der Waals surface area contributed by atoms with E-state index in [9.17, 15) is 8.78 Å². The van der Waals surface area contributed by atoms with Gasteiger partial charge in [0.15, 0.2) is 5.82 Å². The van der Waals surface area contributed by atoms with Crippen molar-refractivity contribution in [2.75, 3.05) is 7.05 Å². The fraction of sp³-hybridized carbons (Fsp3) is 0.385. The first kappa shape index (κ1) is 14.4. The third-order valence-electron chi connectivity index (χ3n) is 2.78. The van der Waals surface area contributed by atoms with Crippen LogP contribution in [-0.4, -0.2) is 29.8 Å². The Morgan fingerprint density at radius 3 is 2.60 bits per heavy atom. The topological polar surface area (TPSA) is 60.2 Å². The normalized spacial score (nSPS) is 12.7. The summed E-state index contributed by atoms with van der Waals surface area (Å²) in [5.74, 6) is 1.04. The van der Waals surface area contributed by atoms with Crippen molar-refractivity contribution in [1.82, 2.24) is 15.5 Å². The molecule has 20 heavy (non-hydrogen) atoms. The molecule has 0 radical (unpaired) electrons. The number of nitrogens with zero attached hydrogens (tertiary/aromatic N) is 2. The Bertz CT molecular complexity index is 543. The number of likely N-dealkylation sites (N-methyl/N-ethyl adjacent to an activating group) is 1. The molecule has 7 heteroatoms. The first-order valence-corrected chi connectivity index (χ1v) is 6.13. The minimum absolute atomic E-state index is 0.0901. The van der Waals surface area contributed by atoms with E-state index in [-0.39, 0.29) is 11.8 Å². The van der Waals surface area contributed by atoms with Crippen LogP contribution in [0.4, 0.5) is 8.78 Å². The highest BCUT2D eigenvalue weighted by molar-refractivity contribution is 5.54. The lowest BCUT2D eigenvalue weighted by atomic mass is 10.2. The summed E-state index contributed by atoms with van der Waals surface area (Å²) in [5.41, 5.74) is 0.655. The number of benzene rings is 1. The van der Waals surface area contributed by atoms with Crippen LogP contribution in [0.25, 0.3) is 11.5 Å². The Hall–Kier alpha value is -2.02. The molecule has 1 atom stereocenters. The van der Waals surface area contributed by atoms with E-state index < -0.39 is 6.61 Å². The van der Waals surface area contributed by atoms with Crippen LogP contribution in [0, 0.1) is 0 Å². The third kappa shape index (κ3) is 3.74. The molecule has 0 aliphatic rings. The van der Waals surface area contributed by atoms with Gasteiger partial charge in [-0.2, -0.15) is 13.8 Å². The maximum atomic E-state index is 12.0. The number of hydrogen-bond acceptors (Lipinski definition) is 5. The molecule has 1 N–H and O–H groups in total. The first-order chi connectivity index (χ1) is 9.58. The molecule has 0 saturated carbocycles. The molecule has 0 aliphatic carbocycles. The van der Waals surface area contributed by atoms with Crippen molar-refractivity contribution in [1.29, 1.82) is 0 Å². The largest absolute Gasteiger partial charge is 0.435 e. The zero-order valence-corrected chi connectivity index (χ0v) is 11.1. The Morgan fingerprint density at radius 2 is 2.00 bits per heavy atom. The zero-order valence-electron chi connectivity index (χ0n) is 11.1. The molecule has 1 aromatic carbocycles. The average molecular weight is 283 g/mol. The maximum absolute atomic E-state index is 12.0. The molecule has 1 aromatic heterocycles. The van der Waals surface area contributed by atoms with E-state index in [1.54, 1.807) is 12.1 Å². The number of hydrogen-bond donors (Lipinski definition) is 1. The summed E-state index contributed by atoms with van der Waals surface area (Å²) in [5, 5.41) is 6.95. The monoisotopic (exact) mass is 283 g/mol. The van der Waals surface area contributed by atoms with E-state index in [1.807, 2.05) is 14.0 Å².